The van der Waals surface area contributed by atoms with Gasteiger partial charge in [0.05, 0.1) is 12.2 Å². The van der Waals surface area contributed by atoms with Crippen molar-refractivity contribution in [3.05, 3.63) is 34.6 Å². The van der Waals surface area contributed by atoms with Gasteiger partial charge in [-0.15, -0.1) is 0 Å². The zero-order valence-corrected chi connectivity index (χ0v) is 22.8. The average Bonchev–Trinajstić information content (AvgIpc) is 2.88. The minimum Gasteiger partial charge on any atom is -0.466 e. The van der Waals surface area contributed by atoms with Gasteiger partial charge in [0.25, 0.3) is 0 Å². The van der Waals surface area contributed by atoms with Gasteiger partial charge in [-0.3, -0.25) is 9.59 Å². The smallest absolute Gasteiger partial charge is 0.306 e. The number of hydrogen-bond donors (Lipinski definition) is 0. The van der Waals surface area contributed by atoms with Crippen LogP contribution in [0.3, 0.4) is 0 Å². The highest BCUT2D eigenvalue weighted by Crippen LogP contribution is 2.29. The van der Waals surface area contributed by atoms with Crippen LogP contribution in [0, 0.1) is 29.1 Å². The van der Waals surface area contributed by atoms with Crippen LogP contribution in [0.2, 0.25) is 0 Å². The van der Waals surface area contributed by atoms with E-state index in [0.29, 0.717) is 6.61 Å². The summed E-state index contributed by atoms with van der Waals surface area (Å²) in [4.78, 5) is 23.7. The number of halogens is 5. The summed E-state index contributed by atoms with van der Waals surface area (Å²) in [5, 5.41) is 0. The van der Waals surface area contributed by atoms with Crippen molar-refractivity contribution >= 4 is 11.9 Å². The van der Waals surface area contributed by atoms with Crippen LogP contribution in [0.25, 0.3) is 0 Å². The zero-order chi connectivity index (χ0) is 28.3. The maximum Gasteiger partial charge on any atom is 0.306 e. The summed E-state index contributed by atoms with van der Waals surface area (Å²) in [6.45, 7) is 3.54. The van der Waals surface area contributed by atoms with Gasteiger partial charge in [0.2, 0.25) is 5.82 Å². The third kappa shape index (κ3) is 13.1. The van der Waals surface area contributed by atoms with Gasteiger partial charge in [-0.1, -0.05) is 90.4 Å². The Morgan fingerprint density at radius 2 is 0.974 bits per heavy atom. The van der Waals surface area contributed by atoms with Gasteiger partial charge in [0.1, 0.15) is 6.10 Å². The predicted octanol–water partition coefficient (Wildman–Crippen LogP) is 9.18. The Labute approximate surface area is 223 Å². The molecule has 1 aromatic carbocycles. The molecule has 0 aromatic heterocycles. The van der Waals surface area contributed by atoms with E-state index >= 15 is 0 Å². The molecule has 0 bridgehead atoms. The number of esters is 2. The van der Waals surface area contributed by atoms with Crippen molar-refractivity contribution in [2.45, 2.75) is 129 Å². The second-order valence-corrected chi connectivity index (χ2v) is 9.79. The number of rotatable bonds is 21. The van der Waals surface area contributed by atoms with Crippen LogP contribution >= 0.6 is 0 Å². The second-order valence-electron chi connectivity index (χ2n) is 9.79. The van der Waals surface area contributed by atoms with Gasteiger partial charge in [0.15, 0.2) is 23.3 Å². The molecule has 0 radical (unpaired) electrons. The summed E-state index contributed by atoms with van der Waals surface area (Å²) >= 11 is 0. The number of benzene rings is 1. The molecule has 4 nitrogen and oxygen atoms in total. The third-order valence-electron chi connectivity index (χ3n) is 6.48. The SMILES string of the molecule is CCCCCCCCCCCCCCCCOC(=O)CCCC(=O)OC(C)c1c(F)c(F)c(F)c(F)c1F. The Kier molecular flexibility index (Phi) is 17.6. The number of ether oxygens (including phenoxy) is 2. The number of carbonyl (C=O) groups is 2. The summed E-state index contributed by atoms with van der Waals surface area (Å²) in [5.41, 5.74) is -1.22. The lowest BCUT2D eigenvalue weighted by Crippen LogP contribution is -2.15. The maximum atomic E-state index is 13.8. The largest absolute Gasteiger partial charge is 0.466 e. The molecule has 38 heavy (non-hydrogen) atoms. The average molecular weight is 551 g/mol. The molecule has 0 aliphatic carbocycles. The van der Waals surface area contributed by atoms with Crippen LogP contribution in [-0.4, -0.2) is 18.5 Å². The Balaban J connectivity index is 2.06. The Morgan fingerprint density at radius 1 is 0.579 bits per heavy atom. The highest BCUT2D eigenvalue weighted by atomic mass is 19.2. The van der Waals surface area contributed by atoms with Crippen LogP contribution in [0.15, 0.2) is 0 Å². The summed E-state index contributed by atoms with van der Waals surface area (Å²) in [6.07, 6.45) is 15.3. The van der Waals surface area contributed by atoms with Gasteiger partial charge in [0, 0.05) is 12.8 Å². The van der Waals surface area contributed by atoms with Crippen molar-refractivity contribution in [2.75, 3.05) is 6.61 Å². The van der Waals surface area contributed by atoms with E-state index in [0.717, 1.165) is 26.2 Å². The van der Waals surface area contributed by atoms with Crippen LogP contribution in [-0.2, 0) is 19.1 Å². The first-order valence-electron chi connectivity index (χ1n) is 14.1. The quantitative estimate of drug-likeness (QED) is 0.0503. The van der Waals surface area contributed by atoms with Gasteiger partial charge < -0.3 is 9.47 Å². The van der Waals surface area contributed by atoms with E-state index < -0.39 is 52.7 Å². The predicted molar refractivity (Wildman–Crippen MR) is 136 cm³/mol. The summed E-state index contributed by atoms with van der Waals surface area (Å²) in [5.74, 6) is -12.0. The fourth-order valence-corrected chi connectivity index (χ4v) is 4.23. The van der Waals surface area contributed by atoms with Crippen molar-refractivity contribution in [3.63, 3.8) is 0 Å². The van der Waals surface area contributed by atoms with E-state index in [9.17, 15) is 31.5 Å². The fourth-order valence-electron chi connectivity index (χ4n) is 4.23. The van der Waals surface area contributed by atoms with E-state index in [4.69, 9.17) is 9.47 Å². The third-order valence-corrected chi connectivity index (χ3v) is 6.48. The lowest BCUT2D eigenvalue weighted by atomic mass is 10.0. The Morgan fingerprint density at radius 3 is 1.45 bits per heavy atom. The standard InChI is InChI=1S/C29H43F5O4/c1-3-4-5-6-7-8-9-10-11-12-13-14-15-16-20-37-22(35)18-17-19-23(36)38-21(2)24-25(30)27(32)29(34)28(33)26(24)31/h21H,3-20H2,1-2H3. The first kappa shape index (κ1) is 33.8. The lowest BCUT2D eigenvalue weighted by Gasteiger charge is -2.16. The summed E-state index contributed by atoms with van der Waals surface area (Å²) in [6, 6.07) is 0. The molecule has 1 aromatic rings. The molecule has 1 atom stereocenters. The second kappa shape index (κ2) is 19.8. The molecule has 9 heteroatoms. The normalized spacial score (nSPS) is 12.0. The number of carbonyl (C=O) groups excluding carboxylic acids is 2. The molecule has 0 fully saturated rings. The topological polar surface area (TPSA) is 52.6 Å². The van der Waals surface area contributed by atoms with Gasteiger partial charge >= 0.3 is 11.9 Å². The number of hydrogen-bond acceptors (Lipinski definition) is 4. The van der Waals surface area contributed by atoms with Crippen LogP contribution in [0.5, 0.6) is 0 Å². The summed E-state index contributed by atoms with van der Waals surface area (Å²) < 4.78 is 77.4. The minimum atomic E-state index is -2.28. The van der Waals surface area contributed by atoms with Crippen LogP contribution in [0.4, 0.5) is 22.0 Å². The molecule has 0 aliphatic rings. The van der Waals surface area contributed by atoms with Crippen LogP contribution in [0.1, 0.15) is 135 Å². The lowest BCUT2D eigenvalue weighted by molar-refractivity contribution is -0.149. The van der Waals surface area contributed by atoms with E-state index in [-0.39, 0.29) is 19.3 Å². The maximum absolute atomic E-state index is 13.8. The molecule has 0 N–H and O–H groups in total. The molecule has 1 unspecified atom stereocenters. The van der Waals surface area contributed by atoms with Gasteiger partial charge in [-0.2, -0.15) is 0 Å². The molecular formula is C29H43F5O4. The van der Waals surface area contributed by atoms with Gasteiger partial charge in [-0.05, 0) is 19.8 Å². The van der Waals surface area contributed by atoms with Crippen molar-refractivity contribution in [2.24, 2.45) is 0 Å². The van der Waals surface area contributed by atoms with Crippen molar-refractivity contribution < 1.29 is 41.0 Å². The molecule has 0 saturated heterocycles. The minimum absolute atomic E-state index is 0.0510. The molecule has 0 spiro atoms. The highest BCUT2D eigenvalue weighted by molar-refractivity contribution is 5.72. The molecular weight excluding hydrogens is 507 g/mol. The van der Waals surface area contributed by atoms with Crippen molar-refractivity contribution in [3.8, 4) is 0 Å². The van der Waals surface area contributed by atoms with E-state index in [1.807, 2.05) is 0 Å². The molecule has 0 heterocycles. The van der Waals surface area contributed by atoms with Gasteiger partial charge in [-0.25, -0.2) is 22.0 Å². The fraction of sp³-hybridized carbons (Fsp3) is 0.724. The first-order valence-corrected chi connectivity index (χ1v) is 14.1. The van der Waals surface area contributed by atoms with Crippen LogP contribution < -0.4 is 0 Å². The monoisotopic (exact) mass is 550 g/mol. The van der Waals surface area contributed by atoms with E-state index in [2.05, 4.69) is 6.92 Å². The first-order chi connectivity index (χ1) is 18.2. The molecule has 0 saturated carbocycles. The van der Waals surface area contributed by atoms with Crippen molar-refractivity contribution in [1.29, 1.82) is 0 Å². The Bertz CT molecular complexity index is 818. The molecule has 0 aliphatic heterocycles. The van der Waals surface area contributed by atoms with E-state index in [1.165, 1.54) is 70.6 Å². The molecule has 1 rings (SSSR count). The molecule has 218 valence electrons. The van der Waals surface area contributed by atoms with E-state index in [1.54, 1.807) is 0 Å². The highest BCUT2D eigenvalue weighted by Gasteiger charge is 2.30. The molecule has 0 amide bonds. The summed E-state index contributed by atoms with van der Waals surface area (Å²) in [7, 11) is 0. The van der Waals surface area contributed by atoms with Crippen molar-refractivity contribution in [1.82, 2.24) is 0 Å². The zero-order valence-electron chi connectivity index (χ0n) is 22.8. The number of unbranched alkanes of at least 4 members (excludes halogenated alkanes) is 13. The Hall–Kier alpha value is -2.19.